The van der Waals surface area contributed by atoms with Gasteiger partial charge in [0.2, 0.25) is 15.9 Å². The molecular formula is C21H33FN2O6S. The highest BCUT2D eigenvalue weighted by atomic mass is 32.2. The predicted octanol–water partition coefficient (Wildman–Crippen LogP) is 1.97. The van der Waals surface area contributed by atoms with E-state index in [1.54, 1.807) is 6.92 Å². The Morgan fingerprint density at radius 3 is 2.65 bits per heavy atom. The highest BCUT2D eigenvalue weighted by molar-refractivity contribution is 7.89. The molecule has 1 saturated heterocycles. The first-order valence-corrected chi connectivity index (χ1v) is 12.1. The van der Waals surface area contributed by atoms with Crippen molar-refractivity contribution in [2.24, 2.45) is 5.92 Å². The van der Waals surface area contributed by atoms with Crippen LogP contribution in [-0.2, 0) is 14.8 Å². The Bertz CT molecular complexity index is 856. The Labute approximate surface area is 183 Å². The van der Waals surface area contributed by atoms with E-state index in [1.165, 1.54) is 32.0 Å². The molecule has 0 spiro atoms. The summed E-state index contributed by atoms with van der Waals surface area (Å²) in [6.45, 7) is 4.64. The maximum atomic E-state index is 14.0. The first-order valence-electron chi connectivity index (χ1n) is 10.5. The van der Waals surface area contributed by atoms with E-state index >= 15 is 0 Å². The highest BCUT2D eigenvalue weighted by Gasteiger charge is 2.29. The van der Waals surface area contributed by atoms with Crippen molar-refractivity contribution in [2.45, 2.75) is 70.7 Å². The summed E-state index contributed by atoms with van der Waals surface area (Å²) < 4.78 is 46.7. The van der Waals surface area contributed by atoms with Crippen molar-refractivity contribution in [2.75, 3.05) is 12.4 Å². The van der Waals surface area contributed by atoms with E-state index in [1.807, 2.05) is 0 Å². The predicted molar refractivity (Wildman–Crippen MR) is 114 cm³/mol. The quantitative estimate of drug-likeness (QED) is 0.354. The Kier molecular flexibility index (Phi) is 8.82. The number of sulfonamides is 1. The minimum Gasteiger partial charge on any atom is -0.488 e. The van der Waals surface area contributed by atoms with E-state index in [0.29, 0.717) is 31.2 Å². The number of hydrogen-bond acceptors (Lipinski definition) is 6. The first-order chi connectivity index (χ1) is 14.4. The number of nitrogens with one attached hydrogen (secondary N) is 2. The smallest absolute Gasteiger partial charge is 0.222 e. The van der Waals surface area contributed by atoms with E-state index in [4.69, 9.17) is 4.74 Å². The number of rotatable bonds is 12. The summed E-state index contributed by atoms with van der Waals surface area (Å²) >= 11 is 0. The third-order valence-electron chi connectivity index (χ3n) is 5.08. The lowest BCUT2D eigenvalue weighted by atomic mass is 9.99. The molecule has 1 fully saturated rings. The molecular weight excluding hydrogens is 427 g/mol. The number of unbranched alkanes of at least 4 members (excludes halogenated alkanes) is 2. The molecule has 1 aromatic rings. The molecule has 176 valence electrons. The van der Waals surface area contributed by atoms with Gasteiger partial charge in [0.25, 0.3) is 0 Å². The van der Waals surface area contributed by atoms with E-state index in [-0.39, 0.29) is 29.9 Å². The van der Waals surface area contributed by atoms with Crippen LogP contribution in [-0.4, -0.2) is 48.7 Å². The SMILES string of the molecule is C[C@@H](NS(=O)(=O)CCCCCC1CC(=O)NC1O)c1ccc(F)c(OCC(C)(C)O)c1. The molecule has 2 unspecified atom stereocenters. The van der Waals surface area contributed by atoms with Gasteiger partial charge in [0.05, 0.1) is 11.4 Å². The summed E-state index contributed by atoms with van der Waals surface area (Å²) in [4.78, 5) is 11.2. The molecule has 1 heterocycles. The molecule has 0 aromatic heterocycles. The summed E-state index contributed by atoms with van der Waals surface area (Å²) in [5, 5.41) is 21.9. The van der Waals surface area contributed by atoms with Crippen LogP contribution in [0.25, 0.3) is 0 Å². The standard InChI is InChI=1S/C21H33FN2O6S/c1-14(15-8-9-17(22)18(11-15)30-13-21(2,3)27)24-31(28,29)10-6-4-5-7-16-12-19(25)23-20(16)26/h8-9,11,14,16,20,24,26-27H,4-7,10,12-13H2,1-3H3,(H,23,25)/t14-,16?,20?/m1/s1. The lowest BCUT2D eigenvalue weighted by molar-refractivity contribution is -0.120. The zero-order valence-corrected chi connectivity index (χ0v) is 19.0. The fraction of sp³-hybridized carbons (Fsp3) is 0.667. The molecule has 0 aliphatic carbocycles. The van der Waals surface area contributed by atoms with Crippen LogP contribution in [0.15, 0.2) is 18.2 Å². The summed E-state index contributed by atoms with van der Waals surface area (Å²) in [5.74, 6) is -0.966. The third kappa shape index (κ3) is 8.72. The van der Waals surface area contributed by atoms with Crippen molar-refractivity contribution in [3.05, 3.63) is 29.6 Å². The number of benzene rings is 1. The number of aliphatic hydroxyl groups is 2. The van der Waals surface area contributed by atoms with Crippen molar-refractivity contribution < 1.29 is 32.6 Å². The molecule has 10 heteroatoms. The molecule has 1 amide bonds. The molecule has 1 aliphatic heterocycles. The lowest BCUT2D eigenvalue weighted by Gasteiger charge is -2.20. The second-order valence-corrected chi connectivity index (χ2v) is 10.6. The van der Waals surface area contributed by atoms with Gasteiger partial charge < -0.3 is 20.3 Å². The van der Waals surface area contributed by atoms with Crippen LogP contribution >= 0.6 is 0 Å². The molecule has 0 bridgehead atoms. The summed E-state index contributed by atoms with van der Waals surface area (Å²) in [6, 6.07) is 3.54. The van der Waals surface area contributed by atoms with Crippen LogP contribution in [0.2, 0.25) is 0 Å². The van der Waals surface area contributed by atoms with Crippen molar-refractivity contribution in [3.63, 3.8) is 0 Å². The zero-order valence-electron chi connectivity index (χ0n) is 18.2. The van der Waals surface area contributed by atoms with Crippen LogP contribution < -0.4 is 14.8 Å². The molecule has 2 rings (SSSR count). The van der Waals surface area contributed by atoms with Gasteiger partial charge in [-0.2, -0.15) is 0 Å². The van der Waals surface area contributed by atoms with Gasteiger partial charge in [-0.3, -0.25) is 4.79 Å². The van der Waals surface area contributed by atoms with Crippen molar-refractivity contribution in [1.82, 2.24) is 10.0 Å². The van der Waals surface area contributed by atoms with Crippen molar-refractivity contribution >= 4 is 15.9 Å². The fourth-order valence-corrected chi connectivity index (χ4v) is 4.75. The number of carbonyl (C=O) groups is 1. The lowest BCUT2D eigenvalue weighted by Crippen LogP contribution is -2.30. The van der Waals surface area contributed by atoms with Crippen LogP contribution in [0.4, 0.5) is 4.39 Å². The van der Waals surface area contributed by atoms with Gasteiger partial charge in [0.1, 0.15) is 12.8 Å². The Balaban J connectivity index is 1.80. The fourth-order valence-electron chi connectivity index (χ4n) is 3.38. The average molecular weight is 461 g/mol. The van der Waals surface area contributed by atoms with Gasteiger partial charge in [0.15, 0.2) is 11.6 Å². The second kappa shape index (κ2) is 10.7. The number of amides is 1. The molecule has 1 aromatic carbocycles. The number of halogens is 1. The van der Waals surface area contributed by atoms with Gasteiger partial charge in [-0.15, -0.1) is 0 Å². The topological polar surface area (TPSA) is 125 Å². The largest absolute Gasteiger partial charge is 0.488 e. The second-order valence-electron chi connectivity index (χ2n) is 8.78. The van der Waals surface area contributed by atoms with Gasteiger partial charge >= 0.3 is 0 Å². The maximum absolute atomic E-state index is 14.0. The van der Waals surface area contributed by atoms with Crippen LogP contribution in [0.1, 0.15) is 64.5 Å². The molecule has 1 aliphatic rings. The van der Waals surface area contributed by atoms with Crippen LogP contribution in [0.5, 0.6) is 5.75 Å². The summed E-state index contributed by atoms with van der Waals surface area (Å²) in [5.41, 5.74) is -0.583. The summed E-state index contributed by atoms with van der Waals surface area (Å²) in [6.07, 6.45) is 1.99. The van der Waals surface area contributed by atoms with Gasteiger partial charge in [0, 0.05) is 18.4 Å². The molecule has 0 saturated carbocycles. The number of hydrogen-bond donors (Lipinski definition) is 4. The van der Waals surface area contributed by atoms with Gasteiger partial charge in [-0.05, 0) is 51.3 Å². The zero-order chi connectivity index (χ0) is 23.2. The maximum Gasteiger partial charge on any atom is 0.222 e. The Hall–Kier alpha value is -1.75. The molecule has 3 atom stereocenters. The molecule has 4 N–H and O–H groups in total. The van der Waals surface area contributed by atoms with Crippen LogP contribution in [0, 0.1) is 11.7 Å². The van der Waals surface area contributed by atoms with Gasteiger partial charge in [-0.25, -0.2) is 17.5 Å². The van der Waals surface area contributed by atoms with E-state index < -0.39 is 33.7 Å². The van der Waals surface area contributed by atoms with E-state index in [2.05, 4.69) is 10.0 Å². The van der Waals surface area contributed by atoms with E-state index in [9.17, 15) is 27.8 Å². The third-order valence-corrected chi connectivity index (χ3v) is 6.62. The van der Waals surface area contributed by atoms with Crippen molar-refractivity contribution in [3.8, 4) is 5.75 Å². The normalized spacial score (nSPS) is 20.5. The summed E-state index contributed by atoms with van der Waals surface area (Å²) in [7, 11) is -3.55. The van der Waals surface area contributed by atoms with Crippen LogP contribution in [0.3, 0.4) is 0 Å². The monoisotopic (exact) mass is 460 g/mol. The number of aliphatic hydroxyl groups excluding tert-OH is 1. The Morgan fingerprint density at radius 1 is 1.32 bits per heavy atom. The van der Waals surface area contributed by atoms with E-state index in [0.717, 1.165) is 6.42 Å². The first kappa shape index (κ1) is 25.5. The van der Waals surface area contributed by atoms with Gasteiger partial charge in [-0.1, -0.05) is 18.9 Å². The minimum atomic E-state index is -3.55. The molecule has 8 nitrogen and oxygen atoms in total. The molecule has 31 heavy (non-hydrogen) atoms. The highest BCUT2D eigenvalue weighted by Crippen LogP contribution is 2.25. The number of carbonyl (C=O) groups excluding carboxylic acids is 1. The number of ether oxygens (including phenoxy) is 1. The van der Waals surface area contributed by atoms with Crippen molar-refractivity contribution in [1.29, 1.82) is 0 Å². The Morgan fingerprint density at radius 2 is 2.03 bits per heavy atom. The molecule has 0 radical (unpaired) electrons. The average Bonchev–Trinajstić information content (AvgIpc) is 2.96. The minimum absolute atomic E-state index is 0.0484.